The lowest BCUT2D eigenvalue weighted by Gasteiger charge is -2.41. The molecular formula is C15H25NO4. The van der Waals surface area contributed by atoms with Crippen molar-refractivity contribution in [2.24, 2.45) is 5.73 Å². The maximum absolute atomic E-state index is 9.62. The van der Waals surface area contributed by atoms with Gasteiger partial charge in [0.2, 0.25) is 0 Å². The Hall–Kier alpha value is -0.980. The van der Waals surface area contributed by atoms with Crippen molar-refractivity contribution < 1.29 is 19.7 Å². The number of rotatable bonds is 9. The van der Waals surface area contributed by atoms with E-state index in [-0.39, 0.29) is 13.2 Å². The number of aliphatic hydroxyl groups excluding tert-OH is 2. The second kappa shape index (κ2) is 8.34. The van der Waals surface area contributed by atoms with Gasteiger partial charge in [-0.1, -0.05) is 30.3 Å². The topological polar surface area (TPSA) is 84.9 Å². The minimum atomic E-state index is -1.11. The summed E-state index contributed by atoms with van der Waals surface area (Å²) in [7, 11) is 0. The molecule has 1 rings (SSSR count). The van der Waals surface area contributed by atoms with Gasteiger partial charge in [-0.05, 0) is 19.4 Å². The van der Waals surface area contributed by atoms with Crippen LogP contribution in [0.2, 0.25) is 0 Å². The predicted molar refractivity (Wildman–Crippen MR) is 77.3 cm³/mol. The van der Waals surface area contributed by atoms with Crippen LogP contribution in [0.25, 0.3) is 0 Å². The number of hydrogen-bond acceptors (Lipinski definition) is 5. The summed E-state index contributed by atoms with van der Waals surface area (Å²) < 4.78 is 11.1. The third kappa shape index (κ3) is 3.56. The highest BCUT2D eigenvalue weighted by Crippen LogP contribution is 2.30. The fraction of sp³-hybridized carbons (Fsp3) is 0.600. The SMILES string of the molecule is CCOC(CO)C(N)(c1ccccc1)C(CO)OCC. The molecule has 0 radical (unpaired) electrons. The van der Waals surface area contributed by atoms with E-state index in [9.17, 15) is 10.2 Å². The summed E-state index contributed by atoms with van der Waals surface area (Å²) in [6, 6.07) is 9.30. The third-order valence-corrected chi connectivity index (χ3v) is 3.41. The number of aliphatic hydroxyl groups is 2. The minimum Gasteiger partial charge on any atom is -0.394 e. The average molecular weight is 283 g/mol. The zero-order valence-electron chi connectivity index (χ0n) is 12.2. The summed E-state index contributed by atoms with van der Waals surface area (Å²) in [5.74, 6) is 0. The van der Waals surface area contributed by atoms with E-state index in [1.807, 2.05) is 44.2 Å². The zero-order chi connectivity index (χ0) is 15.0. The van der Waals surface area contributed by atoms with Crippen molar-refractivity contribution in [2.45, 2.75) is 31.6 Å². The Morgan fingerprint density at radius 2 is 1.45 bits per heavy atom. The fourth-order valence-electron chi connectivity index (χ4n) is 2.39. The van der Waals surface area contributed by atoms with E-state index in [2.05, 4.69) is 0 Å². The molecule has 5 nitrogen and oxygen atoms in total. The normalized spacial score (nSPS) is 17.4. The van der Waals surface area contributed by atoms with Crippen molar-refractivity contribution in [1.29, 1.82) is 0 Å². The van der Waals surface area contributed by atoms with Gasteiger partial charge in [-0.25, -0.2) is 0 Å². The highest BCUT2D eigenvalue weighted by atomic mass is 16.5. The molecule has 0 aliphatic carbocycles. The molecule has 4 N–H and O–H groups in total. The molecule has 2 atom stereocenters. The van der Waals surface area contributed by atoms with Crippen molar-refractivity contribution in [1.82, 2.24) is 0 Å². The molecule has 0 aromatic heterocycles. The van der Waals surface area contributed by atoms with Crippen LogP contribution in [0.1, 0.15) is 19.4 Å². The van der Waals surface area contributed by atoms with E-state index in [1.54, 1.807) is 0 Å². The summed E-state index contributed by atoms with van der Waals surface area (Å²) in [6.45, 7) is 4.01. The number of hydrogen-bond donors (Lipinski definition) is 3. The van der Waals surface area contributed by atoms with E-state index in [4.69, 9.17) is 15.2 Å². The Balaban J connectivity index is 3.23. The van der Waals surface area contributed by atoms with Crippen LogP contribution >= 0.6 is 0 Å². The first kappa shape index (κ1) is 17.1. The minimum absolute atomic E-state index is 0.247. The summed E-state index contributed by atoms with van der Waals surface area (Å²) in [5.41, 5.74) is 6.18. The number of benzene rings is 1. The molecule has 2 unspecified atom stereocenters. The Morgan fingerprint density at radius 3 is 1.80 bits per heavy atom. The van der Waals surface area contributed by atoms with Crippen LogP contribution in [0, 0.1) is 0 Å². The molecule has 0 saturated heterocycles. The lowest BCUT2D eigenvalue weighted by molar-refractivity contribution is -0.110. The van der Waals surface area contributed by atoms with Crippen LogP contribution in [0.3, 0.4) is 0 Å². The quantitative estimate of drug-likeness (QED) is 0.619. The number of nitrogens with two attached hydrogens (primary N) is 1. The van der Waals surface area contributed by atoms with Crippen molar-refractivity contribution in [3.8, 4) is 0 Å². The van der Waals surface area contributed by atoms with Crippen molar-refractivity contribution in [3.63, 3.8) is 0 Å². The number of ether oxygens (including phenoxy) is 2. The van der Waals surface area contributed by atoms with Gasteiger partial charge < -0.3 is 25.4 Å². The van der Waals surface area contributed by atoms with E-state index in [0.29, 0.717) is 13.2 Å². The van der Waals surface area contributed by atoms with Gasteiger partial charge in [0.15, 0.2) is 0 Å². The van der Waals surface area contributed by atoms with Crippen molar-refractivity contribution in [3.05, 3.63) is 35.9 Å². The van der Waals surface area contributed by atoms with Crippen LogP contribution in [-0.4, -0.2) is 48.8 Å². The largest absolute Gasteiger partial charge is 0.394 e. The molecule has 0 saturated carbocycles. The predicted octanol–water partition coefficient (Wildman–Crippen LogP) is 0.635. The van der Waals surface area contributed by atoms with Crippen LogP contribution < -0.4 is 5.73 Å². The highest BCUT2D eigenvalue weighted by molar-refractivity contribution is 5.28. The first-order valence-corrected chi connectivity index (χ1v) is 6.94. The van der Waals surface area contributed by atoms with Gasteiger partial charge in [-0.2, -0.15) is 0 Å². The Bertz CT molecular complexity index is 357. The van der Waals surface area contributed by atoms with E-state index >= 15 is 0 Å². The van der Waals surface area contributed by atoms with Crippen LogP contribution in [0.15, 0.2) is 30.3 Å². The molecule has 0 aliphatic rings. The van der Waals surface area contributed by atoms with E-state index in [1.165, 1.54) is 0 Å². The maximum atomic E-state index is 9.62. The van der Waals surface area contributed by atoms with Crippen molar-refractivity contribution >= 4 is 0 Å². The molecule has 0 heterocycles. The molecule has 1 aromatic rings. The van der Waals surface area contributed by atoms with Crippen LogP contribution in [0.4, 0.5) is 0 Å². The monoisotopic (exact) mass is 283 g/mol. The second-order valence-electron chi connectivity index (χ2n) is 4.55. The van der Waals surface area contributed by atoms with Gasteiger partial charge in [0, 0.05) is 13.2 Å². The summed E-state index contributed by atoms with van der Waals surface area (Å²) in [5, 5.41) is 19.2. The van der Waals surface area contributed by atoms with Gasteiger partial charge in [0.05, 0.1) is 18.8 Å². The second-order valence-corrected chi connectivity index (χ2v) is 4.55. The third-order valence-electron chi connectivity index (χ3n) is 3.41. The molecular weight excluding hydrogens is 258 g/mol. The standard InChI is InChI=1S/C15H25NO4/c1-3-19-13(10-17)15(16,14(11-18)20-4-2)12-8-6-5-7-9-12/h5-9,13-14,17-18H,3-4,10-11,16H2,1-2H3. The summed E-state index contributed by atoms with van der Waals surface area (Å²) in [4.78, 5) is 0. The van der Waals surface area contributed by atoms with Crippen LogP contribution in [0.5, 0.6) is 0 Å². The smallest absolute Gasteiger partial charge is 0.105 e. The van der Waals surface area contributed by atoms with E-state index < -0.39 is 17.7 Å². The van der Waals surface area contributed by atoms with Gasteiger partial charge >= 0.3 is 0 Å². The molecule has 0 amide bonds. The maximum Gasteiger partial charge on any atom is 0.105 e. The Morgan fingerprint density at radius 1 is 1.00 bits per heavy atom. The molecule has 114 valence electrons. The molecule has 20 heavy (non-hydrogen) atoms. The molecule has 5 heteroatoms. The van der Waals surface area contributed by atoms with Gasteiger partial charge in [-0.15, -0.1) is 0 Å². The Kier molecular flexibility index (Phi) is 7.12. The molecule has 0 spiro atoms. The molecule has 0 bridgehead atoms. The summed E-state index contributed by atoms with van der Waals surface area (Å²) >= 11 is 0. The van der Waals surface area contributed by atoms with Gasteiger partial charge in [-0.3, -0.25) is 0 Å². The molecule has 0 aliphatic heterocycles. The van der Waals surface area contributed by atoms with Gasteiger partial charge in [0.1, 0.15) is 12.2 Å². The summed E-state index contributed by atoms with van der Waals surface area (Å²) in [6.07, 6.45) is -1.31. The average Bonchev–Trinajstić information content (AvgIpc) is 2.50. The van der Waals surface area contributed by atoms with Gasteiger partial charge in [0.25, 0.3) is 0 Å². The highest BCUT2D eigenvalue weighted by Gasteiger charge is 2.44. The zero-order valence-corrected chi connectivity index (χ0v) is 12.2. The molecule has 1 aromatic carbocycles. The molecule has 0 fully saturated rings. The van der Waals surface area contributed by atoms with E-state index in [0.717, 1.165) is 5.56 Å². The lowest BCUT2D eigenvalue weighted by atomic mass is 9.80. The first-order chi connectivity index (χ1) is 9.64. The Labute approximate surface area is 120 Å². The fourth-order valence-corrected chi connectivity index (χ4v) is 2.39. The first-order valence-electron chi connectivity index (χ1n) is 6.94. The van der Waals surface area contributed by atoms with Crippen LogP contribution in [-0.2, 0) is 15.0 Å². The van der Waals surface area contributed by atoms with Crippen molar-refractivity contribution in [2.75, 3.05) is 26.4 Å². The lowest BCUT2D eigenvalue weighted by Crippen LogP contribution is -2.60.